The third-order valence-electron chi connectivity index (χ3n) is 4.53. The van der Waals surface area contributed by atoms with Crippen LogP contribution in [0.25, 0.3) is 16.5 Å². The summed E-state index contributed by atoms with van der Waals surface area (Å²) in [5.74, 6) is 2.93. The van der Waals surface area contributed by atoms with Crippen molar-refractivity contribution in [1.82, 2.24) is 15.3 Å². The van der Waals surface area contributed by atoms with Crippen molar-refractivity contribution in [3.05, 3.63) is 29.7 Å². The lowest BCUT2D eigenvalue weighted by molar-refractivity contribution is 0.355. The van der Waals surface area contributed by atoms with E-state index in [4.69, 9.17) is 19.4 Å². The molecule has 1 saturated carbocycles. The summed E-state index contributed by atoms with van der Waals surface area (Å²) in [7, 11) is 3.31. The van der Waals surface area contributed by atoms with Crippen LogP contribution in [0.3, 0.4) is 0 Å². The molecule has 1 aliphatic carbocycles. The van der Waals surface area contributed by atoms with Crippen LogP contribution < -0.4 is 14.8 Å². The van der Waals surface area contributed by atoms with Crippen molar-refractivity contribution in [1.29, 1.82) is 0 Å². The van der Waals surface area contributed by atoms with Gasteiger partial charge >= 0.3 is 0 Å². The number of aromatic nitrogens is 2. The molecule has 0 atom stereocenters. The average Bonchev–Trinajstić information content (AvgIpc) is 3.45. The van der Waals surface area contributed by atoms with Crippen molar-refractivity contribution in [3.63, 3.8) is 0 Å². The Morgan fingerprint density at radius 2 is 1.87 bits per heavy atom. The fourth-order valence-corrected chi connectivity index (χ4v) is 3.08. The van der Waals surface area contributed by atoms with Gasteiger partial charge < -0.3 is 14.8 Å². The second-order valence-electron chi connectivity index (χ2n) is 6.11. The van der Waals surface area contributed by atoms with Gasteiger partial charge in [-0.15, -0.1) is 0 Å². The minimum atomic E-state index is 0.522. The van der Waals surface area contributed by atoms with Crippen LogP contribution in [0.2, 0.25) is 0 Å². The van der Waals surface area contributed by atoms with E-state index < -0.39 is 0 Å². The van der Waals surface area contributed by atoms with Crippen molar-refractivity contribution >= 4 is 16.5 Å². The fraction of sp³-hybridized carbons (Fsp3) is 0.444. The van der Waals surface area contributed by atoms with Crippen molar-refractivity contribution in [3.8, 4) is 11.5 Å². The molecule has 5 nitrogen and oxygen atoms in total. The molecular formula is C18H21N3O2. The molecule has 5 heteroatoms. The van der Waals surface area contributed by atoms with E-state index in [0.29, 0.717) is 11.7 Å². The SMILES string of the molecule is COc1cc2nc(C3CC3)nc(C3=CCNCC3)c2cc1OC. The first-order chi connectivity index (χ1) is 11.3. The number of nitrogens with zero attached hydrogens (tertiary/aromatic N) is 2. The largest absolute Gasteiger partial charge is 0.493 e. The van der Waals surface area contributed by atoms with Gasteiger partial charge in [-0.1, -0.05) is 6.08 Å². The Morgan fingerprint density at radius 3 is 2.52 bits per heavy atom. The summed E-state index contributed by atoms with van der Waals surface area (Å²) in [6.45, 7) is 1.89. The van der Waals surface area contributed by atoms with E-state index in [-0.39, 0.29) is 0 Å². The van der Waals surface area contributed by atoms with E-state index in [1.807, 2.05) is 12.1 Å². The van der Waals surface area contributed by atoms with Crippen LogP contribution >= 0.6 is 0 Å². The molecule has 0 spiro atoms. The Balaban J connectivity index is 1.95. The molecule has 0 saturated heterocycles. The summed E-state index contributed by atoms with van der Waals surface area (Å²) in [5.41, 5.74) is 3.29. The second kappa shape index (κ2) is 5.81. The van der Waals surface area contributed by atoms with Gasteiger partial charge in [-0.05, 0) is 37.4 Å². The van der Waals surface area contributed by atoms with Gasteiger partial charge in [-0.2, -0.15) is 0 Å². The zero-order valence-corrected chi connectivity index (χ0v) is 13.6. The number of rotatable bonds is 4. The van der Waals surface area contributed by atoms with Crippen molar-refractivity contribution in [2.45, 2.75) is 25.2 Å². The van der Waals surface area contributed by atoms with Crippen LogP contribution in [0.5, 0.6) is 11.5 Å². The van der Waals surface area contributed by atoms with Crippen molar-refractivity contribution < 1.29 is 9.47 Å². The van der Waals surface area contributed by atoms with Crippen LogP contribution in [0.15, 0.2) is 18.2 Å². The lowest BCUT2D eigenvalue weighted by Crippen LogP contribution is -2.20. The minimum Gasteiger partial charge on any atom is -0.493 e. The zero-order valence-electron chi connectivity index (χ0n) is 13.6. The topological polar surface area (TPSA) is 56.3 Å². The molecule has 4 rings (SSSR count). The van der Waals surface area contributed by atoms with Gasteiger partial charge in [0.25, 0.3) is 0 Å². The molecule has 1 aliphatic heterocycles. The number of benzene rings is 1. The van der Waals surface area contributed by atoms with E-state index in [1.165, 1.54) is 18.4 Å². The molecule has 1 fully saturated rings. The summed E-state index contributed by atoms with van der Waals surface area (Å²) in [4.78, 5) is 9.70. The van der Waals surface area contributed by atoms with Crippen molar-refractivity contribution in [2.24, 2.45) is 0 Å². The van der Waals surface area contributed by atoms with Gasteiger partial charge in [-0.3, -0.25) is 0 Å². The maximum Gasteiger partial charge on any atom is 0.162 e. The number of ether oxygens (including phenoxy) is 2. The lowest BCUT2D eigenvalue weighted by atomic mass is 10.0. The number of nitrogens with one attached hydrogen (secondary N) is 1. The molecule has 0 amide bonds. The Hall–Kier alpha value is -2.14. The standard InChI is InChI=1S/C18H21N3O2/c1-22-15-9-13-14(10-16(15)23-2)20-18(12-3-4-12)21-17(13)11-5-7-19-8-6-11/h5,9-10,12,19H,3-4,6-8H2,1-2H3. The normalized spacial score (nSPS) is 17.9. The summed E-state index contributed by atoms with van der Waals surface area (Å²) in [5, 5.41) is 4.40. The predicted octanol–water partition coefficient (Wildman–Crippen LogP) is 2.90. The fourth-order valence-electron chi connectivity index (χ4n) is 3.08. The maximum atomic E-state index is 5.46. The lowest BCUT2D eigenvalue weighted by Gasteiger charge is -2.17. The van der Waals surface area contributed by atoms with Crippen LogP contribution in [-0.2, 0) is 0 Å². The van der Waals surface area contributed by atoms with E-state index in [1.54, 1.807) is 14.2 Å². The highest BCUT2D eigenvalue weighted by Gasteiger charge is 2.28. The molecule has 0 bridgehead atoms. The average molecular weight is 311 g/mol. The number of hydrogen-bond donors (Lipinski definition) is 1. The smallest absolute Gasteiger partial charge is 0.162 e. The monoisotopic (exact) mass is 311 g/mol. The third kappa shape index (κ3) is 2.65. The highest BCUT2D eigenvalue weighted by molar-refractivity contribution is 5.92. The molecule has 1 aromatic carbocycles. The molecule has 0 radical (unpaired) electrons. The molecule has 2 heterocycles. The molecule has 0 unspecified atom stereocenters. The van der Waals surface area contributed by atoms with E-state index >= 15 is 0 Å². The third-order valence-corrected chi connectivity index (χ3v) is 4.53. The van der Waals surface area contributed by atoms with Crippen LogP contribution in [0, 0.1) is 0 Å². The quantitative estimate of drug-likeness (QED) is 0.941. The summed E-state index contributed by atoms with van der Waals surface area (Å²) >= 11 is 0. The second-order valence-corrected chi connectivity index (χ2v) is 6.11. The van der Waals surface area contributed by atoms with E-state index in [2.05, 4.69) is 11.4 Å². The highest BCUT2D eigenvalue weighted by Crippen LogP contribution is 2.41. The van der Waals surface area contributed by atoms with Gasteiger partial charge in [-0.25, -0.2) is 9.97 Å². The molecule has 23 heavy (non-hydrogen) atoms. The molecular weight excluding hydrogens is 290 g/mol. The first kappa shape index (κ1) is 14.5. The van der Waals surface area contributed by atoms with Crippen molar-refractivity contribution in [2.75, 3.05) is 27.3 Å². The Kier molecular flexibility index (Phi) is 3.65. The Morgan fingerprint density at radius 1 is 1.09 bits per heavy atom. The summed E-state index contributed by atoms with van der Waals surface area (Å²) < 4.78 is 10.9. The molecule has 2 aliphatic rings. The zero-order chi connectivity index (χ0) is 15.8. The van der Waals surface area contributed by atoms with Gasteiger partial charge in [0.15, 0.2) is 11.5 Å². The molecule has 120 valence electrons. The maximum absolute atomic E-state index is 5.46. The Bertz CT molecular complexity index is 781. The Labute approximate surface area is 135 Å². The summed E-state index contributed by atoms with van der Waals surface area (Å²) in [6.07, 6.45) is 5.61. The number of fused-ring (bicyclic) bond motifs is 1. The van der Waals surface area contributed by atoms with Crippen LogP contribution in [0.4, 0.5) is 0 Å². The predicted molar refractivity (Wildman–Crippen MR) is 90.1 cm³/mol. The highest BCUT2D eigenvalue weighted by atomic mass is 16.5. The number of methoxy groups -OCH3 is 2. The minimum absolute atomic E-state index is 0.522. The van der Waals surface area contributed by atoms with Crippen LogP contribution in [0.1, 0.15) is 36.7 Å². The first-order valence-corrected chi connectivity index (χ1v) is 8.14. The number of hydrogen-bond acceptors (Lipinski definition) is 5. The molecule has 1 aromatic heterocycles. The van der Waals surface area contributed by atoms with Gasteiger partial charge in [0, 0.05) is 23.9 Å². The van der Waals surface area contributed by atoms with Gasteiger partial charge in [0.2, 0.25) is 0 Å². The van der Waals surface area contributed by atoms with E-state index in [0.717, 1.165) is 47.7 Å². The first-order valence-electron chi connectivity index (χ1n) is 8.14. The van der Waals surface area contributed by atoms with Gasteiger partial charge in [0.1, 0.15) is 5.82 Å². The van der Waals surface area contributed by atoms with E-state index in [9.17, 15) is 0 Å². The summed E-state index contributed by atoms with van der Waals surface area (Å²) in [6, 6.07) is 3.97. The van der Waals surface area contributed by atoms with Crippen LogP contribution in [-0.4, -0.2) is 37.3 Å². The molecule has 2 aromatic rings. The molecule has 1 N–H and O–H groups in total. The van der Waals surface area contributed by atoms with Gasteiger partial charge in [0.05, 0.1) is 25.4 Å².